The van der Waals surface area contributed by atoms with Crippen LogP contribution in [0.3, 0.4) is 0 Å². The first-order valence-corrected chi connectivity index (χ1v) is 4.76. The summed E-state index contributed by atoms with van der Waals surface area (Å²) in [7, 11) is 0. The topological polar surface area (TPSA) is 50.4 Å². The van der Waals surface area contributed by atoms with Crippen molar-refractivity contribution in [2.45, 2.75) is 25.8 Å². The van der Waals surface area contributed by atoms with Crippen LogP contribution in [0.4, 0.5) is 0 Å². The minimum atomic E-state index is -0.146. The highest BCUT2D eigenvalue weighted by atomic mass is 16.5. The van der Waals surface area contributed by atoms with Crippen LogP contribution in [0.5, 0.6) is 0 Å². The molecule has 0 saturated carbocycles. The maximum atomic E-state index is 11.3. The van der Waals surface area contributed by atoms with Gasteiger partial charge >= 0.3 is 0 Å². The second-order valence-electron chi connectivity index (χ2n) is 3.69. The van der Waals surface area contributed by atoms with Crippen molar-refractivity contribution in [3.63, 3.8) is 0 Å². The number of hydrogen-bond donors (Lipinski definition) is 2. The molecule has 0 aliphatic carbocycles. The fourth-order valence-corrected chi connectivity index (χ4v) is 1.38. The molecule has 1 saturated heterocycles. The van der Waals surface area contributed by atoms with E-state index in [2.05, 4.69) is 10.6 Å². The van der Waals surface area contributed by atoms with E-state index >= 15 is 0 Å². The Labute approximate surface area is 79.0 Å². The van der Waals surface area contributed by atoms with Crippen molar-refractivity contribution in [1.29, 1.82) is 0 Å². The maximum absolute atomic E-state index is 11.3. The van der Waals surface area contributed by atoms with Crippen LogP contribution in [0.1, 0.15) is 20.3 Å². The highest BCUT2D eigenvalue weighted by molar-refractivity contribution is 5.78. The van der Waals surface area contributed by atoms with E-state index in [1.807, 2.05) is 13.8 Å². The molecule has 4 nitrogen and oxygen atoms in total. The van der Waals surface area contributed by atoms with Crippen LogP contribution < -0.4 is 10.6 Å². The summed E-state index contributed by atoms with van der Waals surface area (Å²) in [5.41, 5.74) is -0.146. The van der Waals surface area contributed by atoms with Gasteiger partial charge in [-0.15, -0.1) is 0 Å². The van der Waals surface area contributed by atoms with Gasteiger partial charge in [-0.05, 0) is 19.9 Å². The van der Waals surface area contributed by atoms with Gasteiger partial charge in [-0.1, -0.05) is 6.92 Å². The molecule has 2 N–H and O–H groups in total. The van der Waals surface area contributed by atoms with Crippen molar-refractivity contribution in [1.82, 2.24) is 10.6 Å². The summed E-state index contributed by atoms with van der Waals surface area (Å²) in [6.45, 7) is 6.59. The first kappa shape index (κ1) is 10.5. The molecule has 1 atom stereocenters. The van der Waals surface area contributed by atoms with E-state index in [1.165, 1.54) is 0 Å². The van der Waals surface area contributed by atoms with Crippen LogP contribution in [-0.4, -0.2) is 37.7 Å². The van der Waals surface area contributed by atoms with Gasteiger partial charge in [0, 0.05) is 6.61 Å². The number of ether oxygens (including phenoxy) is 1. The zero-order valence-corrected chi connectivity index (χ0v) is 8.35. The molecule has 1 unspecified atom stereocenters. The Morgan fingerprint density at radius 2 is 2.38 bits per heavy atom. The molecule has 0 bridgehead atoms. The molecule has 1 rings (SSSR count). The molecule has 13 heavy (non-hydrogen) atoms. The van der Waals surface area contributed by atoms with E-state index in [-0.39, 0.29) is 11.4 Å². The van der Waals surface area contributed by atoms with Gasteiger partial charge in [0.25, 0.3) is 0 Å². The predicted molar refractivity (Wildman–Crippen MR) is 50.5 cm³/mol. The van der Waals surface area contributed by atoms with E-state index in [9.17, 15) is 4.79 Å². The number of hydrogen-bond acceptors (Lipinski definition) is 3. The molecule has 1 heterocycles. The molecule has 4 heteroatoms. The lowest BCUT2D eigenvalue weighted by molar-refractivity contribution is -0.122. The molecule has 0 aromatic carbocycles. The minimum Gasteiger partial charge on any atom is -0.379 e. The number of rotatable bonds is 4. The minimum absolute atomic E-state index is 0.0508. The van der Waals surface area contributed by atoms with Crippen LogP contribution >= 0.6 is 0 Å². The van der Waals surface area contributed by atoms with Crippen molar-refractivity contribution in [2.75, 3.05) is 26.3 Å². The SMILES string of the molecule is CCNCC(=O)NC1(C)CCOC1. The third kappa shape index (κ3) is 3.32. The lowest BCUT2D eigenvalue weighted by atomic mass is 10.0. The number of carbonyl (C=O) groups is 1. The Balaban J connectivity index is 2.26. The van der Waals surface area contributed by atoms with Gasteiger partial charge in [-0.25, -0.2) is 0 Å². The van der Waals surface area contributed by atoms with Crippen molar-refractivity contribution >= 4 is 5.91 Å². The van der Waals surface area contributed by atoms with E-state index in [1.54, 1.807) is 0 Å². The number of amides is 1. The molecular weight excluding hydrogens is 168 g/mol. The van der Waals surface area contributed by atoms with Gasteiger partial charge in [0.15, 0.2) is 0 Å². The highest BCUT2D eigenvalue weighted by Crippen LogP contribution is 2.16. The van der Waals surface area contributed by atoms with Gasteiger partial charge in [0.1, 0.15) is 0 Å². The third-order valence-electron chi connectivity index (χ3n) is 2.20. The molecule has 1 amide bonds. The van der Waals surface area contributed by atoms with Crippen molar-refractivity contribution in [2.24, 2.45) is 0 Å². The molecule has 0 spiro atoms. The average Bonchev–Trinajstić information content (AvgIpc) is 2.48. The van der Waals surface area contributed by atoms with Crippen LogP contribution in [0, 0.1) is 0 Å². The van der Waals surface area contributed by atoms with Gasteiger partial charge in [-0.3, -0.25) is 4.79 Å². The lowest BCUT2D eigenvalue weighted by Gasteiger charge is -2.23. The fourth-order valence-electron chi connectivity index (χ4n) is 1.38. The smallest absolute Gasteiger partial charge is 0.234 e. The normalized spacial score (nSPS) is 27.5. The summed E-state index contributed by atoms with van der Waals surface area (Å²) in [4.78, 5) is 11.3. The third-order valence-corrected chi connectivity index (χ3v) is 2.20. The molecule has 1 aliphatic heterocycles. The maximum Gasteiger partial charge on any atom is 0.234 e. The Kier molecular flexibility index (Phi) is 3.69. The quantitative estimate of drug-likeness (QED) is 0.644. The average molecular weight is 186 g/mol. The summed E-state index contributed by atoms with van der Waals surface area (Å²) in [5.74, 6) is 0.0508. The molecule has 0 aromatic heterocycles. The van der Waals surface area contributed by atoms with Crippen LogP contribution in [0.2, 0.25) is 0 Å². The largest absolute Gasteiger partial charge is 0.379 e. The van der Waals surface area contributed by atoms with Gasteiger partial charge in [0.2, 0.25) is 5.91 Å². The Morgan fingerprint density at radius 1 is 1.62 bits per heavy atom. The Hall–Kier alpha value is -0.610. The number of carbonyl (C=O) groups excluding carboxylic acids is 1. The van der Waals surface area contributed by atoms with Crippen molar-refractivity contribution in [3.8, 4) is 0 Å². The summed E-state index contributed by atoms with van der Waals surface area (Å²) in [6.07, 6.45) is 0.908. The molecule has 76 valence electrons. The van der Waals surface area contributed by atoms with Crippen LogP contribution in [0.25, 0.3) is 0 Å². The van der Waals surface area contributed by atoms with E-state index in [0.717, 1.165) is 19.6 Å². The van der Waals surface area contributed by atoms with E-state index in [4.69, 9.17) is 4.74 Å². The van der Waals surface area contributed by atoms with Gasteiger partial charge in [-0.2, -0.15) is 0 Å². The summed E-state index contributed by atoms with van der Waals surface area (Å²) < 4.78 is 5.23. The standard InChI is InChI=1S/C9H18N2O2/c1-3-10-6-8(12)11-9(2)4-5-13-7-9/h10H,3-7H2,1-2H3,(H,11,12). The molecule has 0 radical (unpaired) electrons. The Bertz CT molecular complexity index is 176. The molecule has 1 fully saturated rings. The fraction of sp³-hybridized carbons (Fsp3) is 0.889. The summed E-state index contributed by atoms with van der Waals surface area (Å²) in [6, 6.07) is 0. The summed E-state index contributed by atoms with van der Waals surface area (Å²) >= 11 is 0. The highest BCUT2D eigenvalue weighted by Gasteiger charge is 2.30. The van der Waals surface area contributed by atoms with Crippen LogP contribution in [-0.2, 0) is 9.53 Å². The van der Waals surface area contributed by atoms with Gasteiger partial charge in [0.05, 0.1) is 18.7 Å². The first-order valence-electron chi connectivity index (χ1n) is 4.76. The zero-order valence-electron chi connectivity index (χ0n) is 8.35. The molecular formula is C9H18N2O2. The molecule has 1 aliphatic rings. The van der Waals surface area contributed by atoms with Crippen molar-refractivity contribution in [3.05, 3.63) is 0 Å². The van der Waals surface area contributed by atoms with Crippen molar-refractivity contribution < 1.29 is 9.53 Å². The van der Waals surface area contributed by atoms with Crippen LogP contribution in [0.15, 0.2) is 0 Å². The molecule has 0 aromatic rings. The van der Waals surface area contributed by atoms with Gasteiger partial charge < -0.3 is 15.4 Å². The second kappa shape index (κ2) is 4.58. The Morgan fingerprint density at radius 3 is 2.92 bits per heavy atom. The second-order valence-corrected chi connectivity index (χ2v) is 3.69. The first-order chi connectivity index (χ1) is 6.16. The summed E-state index contributed by atoms with van der Waals surface area (Å²) in [5, 5.41) is 5.95. The number of likely N-dealkylation sites (N-methyl/N-ethyl adjacent to an activating group) is 1. The lowest BCUT2D eigenvalue weighted by Crippen LogP contribution is -2.49. The zero-order chi connectivity index (χ0) is 9.73. The van der Waals surface area contributed by atoms with E-state index < -0.39 is 0 Å². The monoisotopic (exact) mass is 186 g/mol. The number of nitrogens with one attached hydrogen (secondary N) is 2. The predicted octanol–water partition coefficient (Wildman–Crippen LogP) is -0.109. The van der Waals surface area contributed by atoms with E-state index in [0.29, 0.717) is 13.2 Å².